The molecular formula is C29H24F7N3O4. The summed E-state index contributed by atoms with van der Waals surface area (Å²) in [5.74, 6) is -6.41. The number of aliphatic hydroxyl groups is 2. The average molecular weight is 612 g/mol. The van der Waals surface area contributed by atoms with E-state index < -0.39 is 70.2 Å². The molecule has 2 heterocycles. The van der Waals surface area contributed by atoms with Gasteiger partial charge in [0.05, 0.1) is 24.8 Å². The van der Waals surface area contributed by atoms with E-state index in [1.807, 2.05) is 5.32 Å². The molecule has 7 nitrogen and oxygen atoms in total. The van der Waals surface area contributed by atoms with E-state index in [4.69, 9.17) is 4.74 Å². The van der Waals surface area contributed by atoms with Crippen molar-refractivity contribution in [1.29, 1.82) is 0 Å². The number of hydrogen-bond acceptors (Lipinski definition) is 6. The number of rotatable bonds is 7. The predicted octanol–water partition coefficient (Wildman–Crippen LogP) is 5.58. The van der Waals surface area contributed by atoms with Crippen LogP contribution in [0.5, 0.6) is 5.75 Å². The van der Waals surface area contributed by atoms with E-state index in [-0.39, 0.29) is 33.3 Å². The van der Waals surface area contributed by atoms with Crippen LogP contribution >= 0.6 is 0 Å². The second kappa shape index (κ2) is 11.1. The molecule has 43 heavy (non-hydrogen) atoms. The minimum absolute atomic E-state index is 0.0269. The maximum absolute atomic E-state index is 15.7. The quantitative estimate of drug-likeness (QED) is 0.186. The minimum Gasteiger partial charge on any atom is -0.494 e. The van der Waals surface area contributed by atoms with Crippen LogP contribution in [0.1, 0.15) is 41.0 Å². The fourth-order valence-corrected chi connectivity index (χ4v) is 4.41. The van der Waals surface area contributed by atoms with Crippen LogP contribution in [0, 0.1) is 30.3 Å². The number of alkyl halides is 3. The lowest BCUT2D eigenvalue weighted by molar-refractivity contribution is -0.266. The van der Waals surface area contributed by atoms with Crippen molar-refractivity contribution >= 4 is 16.8 Å². The third-order valence-corrected chi connectivity index (χ3v) is 6.67. The highest BCUT2D eigenvalue weighted by Gasteiger charge is 2.58. The molecule has 0 aliphatic rings. The van der Waals surface area contributed by atoms with Crippen molar-refractivity contribution in [3.8, 4) is 17.0 Å². The van der Waals surface area contributed by atoms with Gasteiger partial charge in [-0.3, -0.25) is 4.79 Å². The van der Waals surface area contributed by atoms with Crippen LogP contribution in [0.3, 0.4) is 0 Å². The first-order valence-electron chi connectivity index (χ1n) is 12.5. The molecule has 1 amide bonds. The van der Waals surface area contributed by atoms with E-state index in [9.17, 15) is 37.0 Å². The number of carbonyl (C=O) groups excluding carboxylic acids is 1. The Kier molecular flexibility index (Phi) is 8.15. The maximum Gasteiger partial charge on any atom is 0.424 e. The van der Waals surface area contributed by atoms with Crippen LogP contribution in [0.4, 0.5) is 30.7 Å². The van der Waals surface area contributed by atoms with Gasteiger partial charge in [-0.25, -0.2) is 23.1 Å². The Balaban J connectivity index is 1.83. The van der Waals surface area contributed by atoms with Crippen molar-refractivity contribution in [3.05, 3.63) is 88.2 Å². The third kappa shape index (κ3) is 5.84. The largest absolute Gasteiger partial charge is 0.494 e. The van der Waals surface area contributed by atoms with E-state index in [0.717, 1.165) is 44.2 Å². The van der Waals surface area contributed by atoms with Crippen molar-refractivity contribution in [1.82, 2.24) is 15.3 Å². The van der Waals surface area contributed by atoms with E-state index >= 15 is 8.78 Å². The van der Waals surface area contributed by atoms with Gasteiger partial charge in [0.1, 0.15) is 28.5 Å². The number of halogens is 7. The number of aromatic nitrogens is 2. The molecule has 2 aromatic heterocycles. The van der Waals surface area contributed by atoms with Gasteiger partial charge in [-0.2, -0.15) is 17.6 Å². The van der Waals surface area contributed by atoms with Crippen molar-refractivity contribution in [2.45, 2.75) is 38.1 Å². The molecule has 1 atom stereocenters. The summed E-state index contributed by atoms with van der Waals surface area (Å²) in [4.78, 5) is 20.2. The highest BCUT2D eigenvalue weighted by Crippen LogP contribution is 2.43. The molecule has 14 heteroatoms. The summed E-state index contributed by atoms with van der Waals surface area (Å²) in [6.45, 7) is 1.49. The second-order valence-electron chi connectivity index (χ2n) is 10.3. The lowest BCUT2D eigenvalue weighted by atomic mass is 9.89. The Hall–Kier alpha value is -4.30. The molecule has 3 N–H and O–H groups in total. The van der Waals surface area contributed by atoms with Crippen molar-refractivity contribution in [3.63, 3.8) is 0 Å². The fraction of sp³-hybridized carbons (Fsp3) is 0.276. The summed E-state index contributed by atoms with van der Waals surface area (Å²) in [5, 5.41) is 23.5. The van der Waals surface area contributed by atoms with Gasteiger partial charge in [-0.15, -0.1) is 0 Å². The SMILES string of the molecule is COc1cc(C(=O)NC[C@](O)(c2nc(-c3ccc(F)cc3)c(F)c(C(C)(C)O)c2F)C(F)(F)F)cc2cc(C)c(F)nc12. The number of pyridine rings is 2. The number of hydrogen-bond donors (Lipinski definition) is 3. The Morgan fingerprint density at radius 1 is 0.953 bits per heavy atom. The molecule has 0 aliphatic heterocycles. The van der Waals surface area contributed by atoms with Crippen LogP contribution in [0.25, 0.3) is 22.2 Å². The topological polar surface area (TPSA) is 105 Å². The molecule has 0 saturated heterocycles. The molecule has 0 fully saturated rings. The number of nitrogens with one attached hydrogen (secondary N) is 1. The lowest BCUT2D eigenvalue weighted by Crippen LogP contribution is -2.52. The van der Waals surface area contributed by atoms with Gasteiger partial charge in [0.2, 0.25) is 11.5 Å². The minimum atomic E-state index is -5.71. The number of nitrogens with zero attached hydrogens (tertiary/aromatic N) is 2. The van der Waals surface area contributed by atoms with Gasteiger partial charge < -0.3 is 20.3 Å². The van der Waals surface area contributed by atoms with Crippen molar-refractivity contribution in [2.24, 2.45) is 0 Å². The van der Waals surface area contributed by atoms with Crippen molar-refractivity contribution < 1.29 is 50.5 Å². The van der Waals surface area contributed by atoms with Gasteiger partial charge in [-0.05, 0) is 63.2 Å². The number of methoxy groups -OCH3 is 1. The zero-order valence-electron chi connectivity index (χ0n) is 23.0. The number of benzene rings is 2. The van der Waals surface area contributed by atoms with E-state index in [1.54, 1.807) is 0 Å². The fourth-order valence-electron chi connectivity index (χ4n) is 4.41. The van der Waals surface area contributed by atoms with E-state index in [0.29, 0.717) is 0 Å². The second-order valence-corrected chi connectivity index (χ2v) is 10.3. The number of fused-ring (bicyclic) bond motifs is 1. The highest BCUT2D eigenvalue weighted by molar-refractivity contribution is 6.00. The van der Waals surface area contributed by atoms with E-state index in [2.05, 4.69) is 9.97 Å². The zero-order valence-corrected chi connectivity index (χ0v) is 23.0. The van der Waals surface area contributed by atoms with Gasteiger partial charge in [0, 0.05) is 22.1 Å². The Bertz CT molecular complexity index is 1720. The highest BCUT2D eigenvalue weighted by atomic mass is 19.4. The molecule has 228 valence electrons. The Labute approximate surface area is 240 Å². The molecule has 0 aliphatic carbocycles. The summed E-state index contributed by atoms with van der Waals surface area (Å²) >= 11 is 0. The number of ether oxygens (including phenoxy) is 1. The van der Waals surface area contributed by atoms with Gasteiger partial charge in [0.15, 0.2) is 11.6 Å². The van der Waals surface area contributed by atoms with Crippen LogP contribution < -0.4 is 10.1 Å². The number of amides is 1. The standard InChI is InChI=1S/C29H24F7N3O4/c1-13-9-15-10-16(11-18(43-4)22(15)39-25(13)33)26(40)37-12-28(42,29(34,35)36)24-21(32)19(27(2,3)41)20(31)23(38-24)14-5-7-17(30)8-6-14/h5-11,41-42H,12H2,1-4H3,(H,37,40)/t28-/m0/s1. The Morgan fingerprint density at radius 3 is 2.14 bits per heavy atom. The molecule has 0 saturated carbocycles. The first kappa shape index (κ1) is 31.6. The predicted molar refractivity (Wildman–Crippen MR) is 140 cm³/mol. The molecule has 0 spiro atoms. The van der Waals surface area contributed by atoms with Gasteiger partial charge in [-0.1, -0.05) is 0 Å². The summed E-state index contributed by atoms with van der Waals surface area (Å²) in [6.07, 6.45) is -5.71. The molecular weight excluding hydrogens is 587 g/mol. The van der Waals surface area contributed by atoms with Crippen molar-refractivity contribution in [2.75, 3.05) is 13.7 Å². The summed E-state index contributed by atoms with van der Waals surface area (Å²) in [7, 11) is 1.19. The smallest absolute Gasteiger partial charge is 0.424 e. The molecule has 0 radical (unpaired) electrons. The molecule has 0 bridgehead atoms. The number of carbonyl (C=O) groups is 1. The van der Waals surface area contributed by atoms with Crippen LogP contribution in [0.15, 0.2) is 42.5 Å². The monoisotopic (exact) mass is 611 g/mol. The first-order chi connectivity index (χ1) is 19.9. The zero-order chi connectivity index (χ0) is 32.1. The van der Waals surface area contributed by atoms with Gasteiger partial charge in [0.25, 0.3) is 5.91 Å². The van der Waals surface area contributed by atoms with Crippen LogP contribution in [0.2, 0.25) is 0 Å². The van der Waals surface area contributed by atoms with Crippen LogP contribution in [-0.4, -0.2) is 45.9 Å². The normalized spacial score (nSPS) is 13.6. The van der Waals surface area contributed by atoms with E-state index in [1.165, 1.54) is 26.2 Å². The maximum atomic E-state index is 15.7. The van der Waals surface area contributed by atoms with Gasteiger partial charge >= 0.3 is 6.18 Å². The summed E-state index contributed by atoms with van der Waals surface area (Å²) < 4.78 is 107. The average Bonchev–Trinajstić information content (AvgIpc) is 2.91. The Morgan fingerprint density at radius 2 is 1.58 bits per heavy atom. The molecule has 0 unspecified atom stereocenters. The van der Waals surface area contributed by atoms with Crippen LogP contribution in [-0.2, 0) is 11.2 Å². The molecule has 2 aromatic carbocycles. The lowest BCUT2D eigenvalue weighted by Gasteiger charge is -2.32. The molecule has 4 aromatic rings. The summed E-state index contributed by atoms with van der Waals surface area (Å²) in [5.41, 5.74) is -11.0. The first-order valence-corrected chi connectivity index (χ1v) is 12.5. The summed E-state index contributed by atoms with van der Waals surface area (Å²) in [6, 6.07) is 7.21. The third-order valence-electron chi connectivity index (χ3n) is 6.67. The molecule has 4 rings (SSSR count). The number of aryl methyl sites for hydroxylation is 1.